The van der Waals surface area contributed by atoms with Gasteiger partial charge < -0.3 is 0 Å². The molecule has 1 aliphatic rings. The van der Waals surface area contributed by atoms with Crippen LogP contribution in [0.1, 0.15) is 69.2 Å². The average molecular weight is 998 g/mol. The van der Waals surface area contributed by atoms with Crippen molar-refractivity contribution in [2.45, 2.75) is 57.9 Å². The first-order chi connectivity index (χ1) is 30.7. The fourth-order valence-corrected chi connectivity index (χ4v) is 10.8. The second kappa shape index (κ2) is 15.7. The van der Waals surface area contributed by atoms with Gasteiger partial charge in [-0.05, 0) is 29.2 Å². The summed E-state index contributed by atoms with van der Waals surface area (Å²) in [5.74, 6) is 2.58. The van der Waals surface area contributed by atoms with Gasteiger partial charge in [-0.25, -0.2) is 4.98 Å². The molecule has 5 nitrogen and oxygen atoms in total. The number of aromatic nitrogens is 4. The Balaban J connectivity index is 1.05. The van der Waals surface area contributed by atoms with Gasteiger partial charge in [0.15, 0.2) is 0 Å². The van der Waals surface area contributed by atoms with Crippen molar-refractivity contribution in [3.05, 3.63) is 203 Å². The van der Waals surface area contributed by atoms with E-state index in [1.807, 2.05) is 12.3 Å². The van der Waals surface area contributed by atoms with Gasteiger partial charge in [-0.15, -0.1) is 0 Å². The molecule has 3 aromatic heterocycles. The van der Waals surface area contributed by atoms with Crippen molar-refractivity contribution in [3.63, 3.8) is 0 Å². The van der Waals surface area contributed by atoms with E-state index in [0.717, 1.165) is 49.8 Å². The van der Waals surface area contributed by atoms with Crippen LogP contribution in [0.4, 0.5) is 0 Å². The van der Waals surface area contributed by atoms with Crippen molar-refractivity contribution in [1.29, 1.82) is 0 Å². The van der Waals surface area contributed by atoms with Gasteiger partial charge in [-0.1, -0.05) is 39.0 Å². The second-order valence-electron chi connectivity index (χ2n) is 17.7. The van der Waals surface area contributed by atoms with Gasteiger partial charge in [-0.3, -0.25) is 0 Å². The van der Waals surface area contributed by atoms with Gasteiger partial charge in [0.25, 0.3) is 0 Å². The molecule has 6 heteroatoms. The van der Waals surface area contributed by atoms with E-state index in [1.165, 1.54) is 50.1 Å². The van der Waals surface area contributed by atoms with E-state index < -0.39 is 0 Å². The van der Waals surface area contributed by atoms with Crippen molar-refractivity contribution in [2.24, 2.45) is 0 Å². The minimum absolute atomic E-state index is 0.0187. The fourth-order valence-electron chi connectivity index (χ4n) is 9.66. The summed E-state index contributed by atoms with van der Waals surface area (Å²) in [5, 5.41) is 2.26. The molecule has 0 N–H and O–H groups in total. The second-order valence-corrected chi connectivity index (χ2v) is 18.8. The summed E-state index contributed by atoms with van der Waals surface area (Å²) < 4.78 is 15.2. The van der Waals surface area contributed by atoms with Crippen LogP contribution in [0.25, 0.3) is 66.6 Å². The van der Waals surface area contributed by atoms with Crippen LogP contribution in [-0.2, 0) is 24.8 Å². The maximum atomic E-state index is 6.80. The number of nitrogens with zero attached hydrogens (tertiary/aromatic N) is 4. The molecule has 7 aromatic carbocycles. The van der Waals surface area contributed by atoms with E-state index in [2.05, 4.69) is 231 Å². The van der Waals surface area contributed by atoms with Gasteiger partial charge >= 0.3 is 302 Å². The number of para-hydroxylation sites is 4. The summed E-state index contributed by atoms with van der Waals surface area (Å²) in [5.41, 5.74) is 14.0. The molecule has 0 radical (unpaired) electrons. The van der Waals surface area contributed by atoms with Crippen LogP contribution in [0.15, 0.2) is 170 Å². The zero-order chi connectivity index (χ0) is 42.8. The molecule has 0 saturated heterocycles. The van der Waals surface area contributed by atoms with Gasteiger partial charge in [-0.2, -0.15) is 0 Å². The molecular formula is C57H46N4OPt-2. The van der Waals surface area contributed by atoms with Crippen LogP contribution in [0.5, 0.6) is 11.5 Å². The Morgan fingerprint density at radius 1 is 0.619 bits per heavy atom. The van der Waals surface area contributed by atoms with E-state index in [9.17, 15) is 0 Å². The zero-order valence-corrected chi connectivity index (χ0v) is 38.0. The number of benzene rings is 7. The number of hydrogen-bond donors (Lipinski definition) is 0. The molecular weight excluding hydrogens is 952 g/mol. The van der Waals surface area contributed by atoms with Crippen LogP contribution in [0, 0.1) is 15.9 Å². The Kier molecular flexibility index (Phi) is 9.77. The first kappa shape index (κ1) is 39.3. The first-order valence-corrected chi connectivity index (χ1v) is 22.9. The Bertz CT molecular complexity index is 3350. The molecule has 2 atom stereocenters. The third-order valence-corrected chi connectivity index (χ3v) is 13.9. The Hall–Kier alpha value is -6.55. The number of imidazole rings is 1. The summed E-state index contributed by atoms with van der Waals surface area (Å²) in [6, 6.07) is 66.0. The van der Waals surface area contributed by atoms with Crippen molar-refractivity contribution >= 4 is 32.8 Å². The van der Waals surface area contributed by atoms with Gasteiger partial charge in [0.1, 0.15) is 0 Å². The van der Waals surface area contributed by atoms with Crippen LogP contribution in [0.2, 0.25) is 0 Å². The topological polar surface area (TPSA) is 36.9 Å². The van der Waals surface area contributed by atoms with Crippen LogP contribution < -0.4 is 4.74 Å². The van der Waals surface area contributed by atoms with Gasteiger partial charge in [0.2, 0.25) is 0 Å². The summed E-state index contributed by atoms with van der Waals surface area (Å²) in [6.07, 6.45) is 3.97. The number of hydrogen-bond acceptors (Lipinski definition) is 2. The third-order valence-electron chi connectivity index (χ3n) is 12.8. The number of pyridine rings is 1. The van der Waals surface area contributed by atoms with Crippen LogP contribution in [0.3, 0.4) is 0 Å². The van der Waals surface area contributed by atoms with E-state index in [1.54, 1.807) is 0 Å². The maximum absolute atomic E-state index is 6.80. The van der Waals surface area contributed by atoms with Gasteiger partial charge in [0, 0.05) is 6.20 Å². The Morgan fingerprint density at radius 2 is 1.25 bits per heavy atom. The van der Waals surface area contributed by atoms with Gasteiger partial charge in [0.05, 0.1) is 0 Å². The van der Waals surface area contributed by atoms with Crippen molar-refractivity contribution in [2.75, 3.05) is 0 Å². The SMILES string of the molecule is CC1CCC(n2[c](=[Pt])n(-c3c(-c4ccccc4)cccc3-c3ccccc3)c3ccccc32)c2[c-]c(Oc3[c-]c4c(cc3)c3ccccc3n4-c3cc(C(C)(C)C)ccn3)ccc21. The molecule has 63 heavy (non-hydrogen) atoms. The monoisotopic (exact) mass is 997 g/mol. The van der Waals surface area contributed by atoms with E-state index in [-0.39, 0.29) is 11.5 Å². The van der Waals surface area contributed by atoms with Crippen LogP contribution >= 0.6 is 0 Å². The molecule has 0 bridgehead atoms. The summed E-state index contributed by atoms with van der Waals surface area (Å²) in [4.78, 5) is 4.88. The molecule has 0 spiro atoms. The third kappa shape index (κ3) is 6.82. The van der Waals surface area contributed by atoms with Crippen molar-refractivity contribution < 1.29 is 24.1 Å². The quantitative estimate of drug-likeness (QED) is 0.149. The predicted molar refractivity (Wildman–Crippen MR) is 253 cm³/mol. The molecule has 2 unspecified atom stereocenters. The minimum atomic E-state index is -0.0187. The average Bonchev–Trinajstić information content (AvgIpc) is 3.80. The molecule has 0 amide bonds. The molecule has 10 aromatic rings. The first-order valence-electron chi connectivity index (χ1n) is 21.8. The summed E-state index contributed by atoms with van der Waals surface area (Å²) >= 11 is 2.58. The summed E-state index contributed by atoms with van der Waals surface area (Å²) in [6.45, 7) is 9.05. The van der Waals surface area contributed by atoms with Crippen LogP contribution in [-0.4, -0.2) is 18.7 Å². The molecule has 3 heterocycles. The fraction of sp³-hybridized carbons (Fsp3) is 0.158. The number of rotatable bonds is 7. The van der Waals surface area contributed by atoms with Crippen molar-refractivity contribution in [1.82, 2.24) is 18.7 Å². The molecule has 312 valence electrons. The van der Waals surface area contributed by atoms with Crippen molar-refractivity contribution in [3.8, 4) is 45.3 Å². The normalized spacial score (nSPS) is 15.3. The van der Waals surface area contributed by atoms with E-state index >= 15 is 0 Å². The zero-order valence-electron chi connectivity index (χ0n) is 35.7. The molecule has 1 aliphatic carbocycles. The Morgan fingerprint density at radius 3 is 1.97 bits per heavy atom. The van der Waals surface area contributed by atoms with E-state index in [4.69, 9.17) is 9.72 Å². The summed E-state index contributed by atoms with van der Waals surface area (Å²) in [7, 11) is 0. The molecule has 0 fully saturated rings. The predicted octanol–water partition coefficient (Wildman–Crippen LogP) is 14.5. The Labute approximate surface area is 379 Å². The molecule has 11 rings (SSSR count). The standard InChI is InChI=1S/C57H46N4O.Pt/c1-38-26-31-50(59-37-60(53-25-14-13-24-52(53)59)56-45(39-16-7-5-8-17-39)21-15-22-46(56)40-18-9-6-10-19-40)49-35-42(27-29-44(38)49)62-43-28-30-48-47-20-11-12-23-51(47)61(54(48)36-43)55-34-41(32-33-58-55)57(2,3)4;/h5-25,27-30,32-34,38,50H,26,31H2,1-4H3;/q-2;. The molecule has 0 saturated carbocycles. The molecule has 0 aliphatic heterocycles. The number of fused-ring (bicyclic) bond motifs is 5. The van der Waals surface area contributed by atoms with E-state index in [0.29, 0.717) is 17.4 Å². The number of ether oxygens (including phenoxy) is 1.